The van der Waals surface area contributed by atoms with Crippen LogP contribution in [0.2, 0.25) is 5.02 Å². The predicted molar refractivity (Wildman–Crippen MR) is 93.5 cm³/mol. The molecule has 2 aromatic carbocycles. The van der Waals surface area contributed by atoms with E-state index in [4.69, 9.17) is 21.1 Å². The Balaban J connectivity index is 2.07. The molecule has 0 aromatic heterocycles. The maximum atomic E-state index is 11.2. The van der Waals surface area contributed by atoms with Gasteiger partial charge in [-0.2, -0.15) is 5.26 Å². The van der Waals surface area contributed by atoms with Gasteiger partial charge in [-0.15, -0.1) is 0 Å². The topological polar surface area (TPSA) is 59.3 Å². The quantitative estimate of drug-likeness (QED) is 0.445. The molecule has 4 nitrogen and oxygen atoms in total. The van der Waals surface area contributed by atoms with Crippen molar-refractivity contribution in [3.05, 3.63) is 64.7 Å². The Hall–Kier alpha value is -2.77. The van der Waals surface area contributed by atoms with Gasteiger partial charge in [0.15, 0.2) is 6.61 Å². The zero-order chi connectivity index (χ0) is 17.4. The van der Waals surface area contributed by atoms with E-state index in [1.54, 1.807) is 49.4 Å². The van der Waals surface area contributed by atoms with Gasteiger partial charge in [0.2, 0.25) is 0 Å². The lowest BCUT2D eigenvalue weighted by atomic mass is 10.0. The highest BCUT2D eigenvalue weighted by Gasteiger charge is 2.04. The normalized spacial score (nSPS) is 10.8. The van der Waals surface area contributed by atoms with Gasteiger partial charge in [-0.25, -0.2) is 4.79 Å². The van der Waals surface area contributed by atoms with Crippen molar-refractivity contribution in [1.82, 2.24) is 0 Å². The third-order valence-corrected chi connectivity index (χ3v) is 3.38. The Morgan fingerprint density at radius 1 is 1.17 bits per heavy atom. The summed E-state index contributed by atoms with van der Waals surface area (Å²) in [6, 6.07) is 16.4. The molecule has 0 amide bonds. The zero-order valence-corrected chi connectivity index (χ0v) is 13.9. The van der Waals surface area contributed by atoms with Crippen molar-refractivity contribution >= 4 is 29.2 Å². The number of ether oxygens (including phenoxy) is 2. The van der Waals surface area contributed by atoms with Crippen LogP contribution < -0.4 is 4.74 Å². The molecule has 0 saturated heterocycles. The fraction of sp³-hybridized carbons (Fsp3) is 0.158. The maximum Gasteiger partial charge on any atom is 0.344 e. The highest BCUT2D eigenvalue weighted by molar-refractivity contribution is 6.30. The number of halogens is 1. The van der Waals surface area contributed by atoms with Crippen LogP contribution in [0.3, 0.4) is 0 Å². The summed E-state index contributed by atoms with van der Waals surface area (Å²) in [5, 5.41) is 9.96. The van der Waals surface area contributed by atoms with Crippen molar-refractivity contribution in [1.29, 1.82) is 5.26 Å². The van der Waals surface area contributed by atoms with Crippen LogP contribution in [-0.4, -0.2) is 19.2 Å². The molecule has 0 aliphatic heterocycles. The molecule has 24 heavy (non-hydrogen) atoms. The molecule has 0 heterocycles. The lowest BCUT2D eigenvalue weighted by molar-refractivity contribution is -0.145. The van der Waals surface area contributed by atoms with E-state index >= 15 is 0 Å². The molecule has 2 aromatic rings. The highest BCUT2D eigenvalue weighted by atomic mass is 35.5. The molecule has 2 rings (SSSR count). The minimum atomic E-state index is -0.407. The number of esters is 1. The standard InChI is InChI=1S/C19H16ClNO3/c1-2-23-19(22)13-24-18-9-3-14(4-10-18)11-16(12-21)15-5-7-17(20)8-6-15/h3-11H,2,13H2,1H3/b16-11+. The number of hydrogen-bond acceptors (Lipinski definition) is 4. The highest BCUT2D eigenvalue weighted by Crippen LogP contribution is 2.21. The maximum absolute atomic E-state index is 11.2. The monoisotopic (exact) mass is 341 g/mol. The molecule has 0 N–H and O–H groups in total. The average Bonchev–Trinajstić information content (AvgIpc) is 2.60. The van der Waals surface area contributed by atoms with E-state index in [1.807, 2.05) is 12.1 Å². The molecule has 0 aliphatic rings. The largest absolute Gasteiger partial charge is 0.482 e. The Morgan fingerprint density at radius 2 is 1.83 bits per heavy atom. The summed E-state index contributed by atoms with van der Waals surface area (Å²) in [5.41, 5.74) is 2.18. The van der Waals surface area contributed by atoms with Crippen LogP contribution in [0.1, 0.15) is 18.1 Å². The predicted octanol–water partition coefficient (Wildman–Crippen LogP) is 4.35. The van der Waals surface area contributed by atoms with Gasteiger partial charge in [0, 0.05) is 5.02 Å². The van der Waals surface area contributed by atoms with E-state index in [0.717, 1.165) is 11.1 Å². The van der Waals surface area contributed by atoms with Crippen molar-refractivity contribution in [2.24, 2.45) is 0 Å². The number of carbonyl (C=O) groups excluding carboxylic acids is 1. The van der Waals surface area contributed by atoms with E-state index in [0.29, 0.717) is 23.0 Å². The molecule has 0 spiro atoms. The molecule has 0 unspecified atom stereocenters. The van der Waals surface area contributed by atoms with Crippen LogP contribution in [0.15, 0.2) is 48.5 Å². The van der Waals surface area contributed by atoms with Crippen LogP contribution in [0, 0.1) is 11.3 Å². The molecule has 122 valence electrons. The van der Waals surface area contributed by atoms with E-state index in [1.165, 1.54) is 0 Å². The lowest BCUT2D eigenvalue weighted by Crippen LogP contribution is -2.14. The Labute approximate surface area is 145 Å². The molecule has 0 bridgehead atoms. The Bertz CT molecular complexity index is 759. The minimum Gasteiger partial charge on any atom is -0.482 e. The second kappa shape index (κ2) is 8.76. The molecule has 5 heteroatoms. The number of nitrogens with zero attached hydrogens (tertiary/aromatic N) is 1. The molecule has 0 saturated carbocycles. The first-order valence-electron chi connectivity index (χ1n) is 7.38. The second-order valence-electron chi connectivity index (χ2n) is 4.84. The Morgan fingerprint density at radius 3 is 2.42 bits per heavy atom. The summed E-state index contributed by atoms with van der Waals surface area (Å²) in [7, 11) is 0. The second-order valence-corrected chi connectivity index (χ2v) is 5.28. The number of allylic oxidation sites excluding steroid dienone is 1. The fourth-order valence-corrected chi connectivity index (χ4v) is 2.11. The van der Waals surface area contributed by atoms with E-state index < -0.39 is 5.97 Å². The molecular formula is C19H16ClNO3. The summed E-state index contributed by atoms with van der Waals surface area (Å²) in [6.45, 7) is 1.94. The minimum absolute atomic E-state index is 0.128. The van der Waals surface area contributed by atoms with Crippen LogP contribution >= 0.6 is 11.6 Å². The van der Waals surface area contributed by atoms with Crippen LogP contribution in [0.5, 0.6) is 5.75 Å². The van der Waals surface area contributed by atoms with Crippen molar-refractivity contribution < 1.29 is 14.3 Å². The van der Waals surface area contributed by atoms with Crippen LogP contribution in [-0.2, 0) is 9.53 Å². The van der Waals surface area contributed by atoms with Gasteiger partial charge in [-0.3, -0.25) is 0 Å². The lowest BCUT2D eigenvalue weighted by Gasteiger charge is -2.06. The first-order valence-corrected chi connectivity index (χ1v) is 7.76. The van der Waals surface area contributed by atoms with Crippen molar-refractivity contribution in [3.8, 4) is 11.8 Å². The van der Waals surface area contributed by atoms with Gasteiger partial charge in [0.25, 0.3) is 0 Å². The first-order chi connectivity index (χ1) is 11.6. The summed E-state index contributed by atoms with van der Waals surface area (Å²) in [6.07, 6.45) is 1.78. The molecule has 0 aliphatic carbocycles. The smallest absolute Gasteiger partial charge is 0.344 e. The number of carbonyl (C=O) groups is 1. The van der Waals surface area contributed by atoms with E-state index in [9.17, 15) is 10.1 Å². The first kappa shape index (κ1) is 17.6. The summed E-state index contributed by atoms with van der Waals surface area (Å²) < 4.78 is 10.1. The van der Waals surface area contributed by atoms with Crippen LogP contribution in [0.25, 0.3) is 11.6 Å². The summed E-state index contributed by atoms with van der Waals surface area (Å²) in [4.78, 5) is 11.2. The number of rotatable bonds is 6. The summed E-state index contributed by atoms with van der Waals surface area (Å²) in [5.74, 6) is 0.154. The van der Waals surface area contributed by atoms with E-state index in [2.05, 4.69) is 6.07 Å². The molecule has 0 fully saturated rings. The van der Waals surface area contributed by atoms with Crippen molar-refractivity contribution in [2.45, 2.75) is 6.92 Å². The molecule has 0 radical (unpaired) electrons. The third-order valence-electron chi connectivity index (χ3n) is 3.13. The van der Waals surface area contributed by atoms with Crippen molar-refractivity contribution in [2.75, 3.05) is 13.2 Å². The van der Waals surface area contributed by atoms with E-state index in [-0.39, 0.29) is 6.61 Å². The Kier molecular flexibility index (Phi) is 6.41. The molecular weight excluding hydrogens is 326 g/mol. The molecule has 0 atom stereocenters. The number of nitriles is 1. The van der Waals surface area contributed by atoms with Gasteiger partial charge in [-0.1, -0.05) is 35.9 Å². The van der Waals surface area contributed by atoms with Crippen molar-refractivity contribution in [3.63, 3.8) is 0 Å². The van der Waals surface area contributed by atoms with Gasteiger partial charge in [0.05, 0.1) is 18.2 Å². The van der Waals surface area contributed by atoms with Crippen LogP contribution in [0.4, 0.5) is 0 Å². The number of hydrogen-bond donors (Lipinski definition) is 0. The SMILES string of the molecule is CCOC(=O)COc1ccc(/C=C(\C#N)c2ccc(Cl)cc2)cc1. The number of benzene rings is 2. The summed E-state index contributed by atoms with van der Waals surface area (Å²) >= 11 is 5.86. The third kappa shape index (κ3) is 5.15. The zero-order valence-electron chi connectivity index (χ0n) is 13.2. The van der Waals surface area contributed by atoms with Gasteiger partial charge >= 0.3 is 5.97 Å². The average molecular weight is 342 g/mol. The van der Waals surface area contributed by atoms with Gasteiger partial charge in [0.1, 0.15) is 5.75 Å². The van der Waals surface area contributed by atoms with Gasteiger partial charge < -0.3 is 9.47 Å². The fourth-order valence-electron chi connectivity index (χ4n) is 1.98. The van der Waals surface area contributed by atoms with Gasteiger partial charge in [-0.05, 0) is 48.4 Å².